The molecule has 90 valence electrons. The first-order chi connectivity index (χ1) is 8.20. The Morgan fingerprint density at radius 3 is 2.94 bits per heavy atom. The molecule has 5 nitrogen and oxygen atoms in total. The van der Waals surface area contributed by atoms with E-state index in [4.69, 9.17) is 0 Å². The monoisotopic (exact) mass is 232 g/mol. The number of hydrogen-bond acceptors (Lipinski definition) is 3. The van der Waals surface area contributed by atoms with Gasteiger partial charge in [-0.05, 0) is 38.2 Å². The summed E-state index contributed by atoms with van der Waals surface area (Å²) < 4.78 is 0. The summed E-state index contributed by atoms with van der Waals surface area (Å²) in [6.45, 7) is 2.21. The molecule has 17 heavy (non-hydrogen) atoms. The fourth-order valence-electron chi connectivity index (χ4n) is 2.41. The van der Waals surface area contributed by atoms with Gasteiger partial charge in [0.2, 0.25) is 0 Å². The SMILES string of the molecule is CN1CCC(Nc2ccc3[nH]c(=O)[nH]c3c2)C1. The number of aromatic amines is 2. The molecule has 1 aromatic carbocycles. The third kappa shape index (κ3) is 2.06. The van der Waals surface area contributed by atoms with Gasteiger partial charge in [0.25, 0.3) is 0 Å². The number of anilines is 1. The van der Waals surface area contributed by atoms with Crippen LogP contribution in [0.1, 0.15) is 6.42 Å². The van der Waals surface area contributed by atoms with E-state index in [2.05, 4.69) is 27.2 Å². The van der Waals surface area contributed by atoms with Crippen molar-refractivity contribution >= 4 is 16.7 Å². The van der Waals surface area contributed by atoms with Gasteiger partial charge in [-0.25, -0.2) is 4.79 Å². The van der Waals surface area contributed by atoms with Gasteiger partial charge in [0.1, 0.15) is 0 Å². The molecule has 1 unspecified atom stereocenters. The number of nitrogens with zero attached hydrogens (tertiary/aromatic N) is 1. The predicted molar refractivity (Wildman–Crippen MR) is 68.4 cm³/mol. The zero-order valence-electron chi connectivity index (χ0n) is 9.79. The predicted octanol–water partition coefficient (Wildman–Crippen LogP) is 0.972. The summed E-state index contributed by atoms with van der Waals surface area (Å²) in [5.74, 6) is 0. The summed E-state index contributed by atoms with van der Waals surface area (Å²) in [5.41, 5.74) is 2.61. The van der Waals surface area contributed by atoms with Crippen molar-refractivity contribution < 1.29 is 0 Å². The molecular weight excluding hydrogens is 216 g/mol. The Hall–Kier alpha value is -1.75. The summed E-state index contributed by atoms with van der Waals surface area (Å²) in [6.07, 6.45) is 1.16. The molecule has 2 aromatic rings. The molecule has 0 saturated carbocycles. The number of nitrogens with one attached hydrogen (secondary N) is 3. The number of fused-ring (bicyclic) bond motifs is 1. The molecule has 1 atom stereocenters. The molecular formula is C12H16N4O. The van der Waals surface area contributed by atoms with Crippen molar-refractivity contribution in [3.8, 4) is 0 Å². The fourth-order valence-corrected chi connectivity index (χ4v) is 2.41. The van der Waals surface area contributed by atoms with Crippen LogP contribution in [0.2, 0.25) is 0 Å². The molecule has 1 fully saturated rings. The van der Waals surface area contributed by atoms with E-state index < -0.39 is 0 Å². The van der Waals surface area contributed by atoms with Crippen molar-refractivity contribution in [2.24, 2.45) is 0 Å². The second-order valence-electron chi connectivity index (χ2n) is 4.73. The lowest BCUT2D eigenvalue weighted by Crippen LogP contribution is -2.23. The van der Waals surface area contributed by atoms with Gasteiger partial charge >= 0.3 is 5.69 Å². The minimum Gasteiger partial charge on any atom is -0.381 e. The Labute approximate surface area is 98.8 Å². The third-order valence-corrected chi connectivity index (χ3v) is 3.28. The number of likely N-dealkylation sites (tertiary alicyclic amines) is 1. The van der Waals surface area contributed by atoms with Gasteiger partial charge in [0, 0.05) is 18.3 Å². The number of benzene rings is 1. The lowest BCUT2D eigenvalue weighted by Gasteiger charge is -2.14. The first kappa shape index (κ1) is 10.4. The minimum atomic E-state index is -0.155. The zero-order valence-corrected chi connectivity index (χ0v) is 9.79. The molecule has 0 aliphatic carbocycles. The van der Waals surface area contributed by atoms with Crippen LogP contribution in [0.4, 0.5) is 5.69 Å². The zero-order chi connectivity index (χ0) is 11.8. The van der Waals surface area contributed by atoms with Crippen LogP contribution in [0.5, 0.6) is 0 Å². The van der Waals surface area contributed by atoms with Crippen LogP contribution >= 0.6 is 0 Å². The van der Waals surface area contributed by atoms with E-state index in [0.29, 0.717) is 6.04 Å². The molecule has 1 aromatic heterocycles. The summed E-state index contributed by atoms with van der Waals surface area (Å²) in [4.78, 5) is 19.0. The number of imidazole rings is 1. The summed E-state index contributed by atoms with van der Waals surface area (Å²) in [6, 6.07) is 6.41. The van der Waals surface area contributed by atoms with Crippen LogP contribution in [0.15, 0.2) is 23.0 Å². The molecule has 3 rings (SSSR count). The van der Waals surface area contributed by atoms with E-state index in [0.717, 1.165) is 36.2 Å². The molecule has 1 aliphatic heterocycles. The van der Waals surface area contributed by atoms with Crippen LogP contribution in [-0.4, -0.2) is 41.0 Å². The van der Waals surface area contributed by atoms with Gasteiger partial charge in [-0.3, -0.25) is 0 Å². The number of likely N-dealkylation sites (N-methyl/N-ethyl adjacent to an activating group) is 1. The lowest BCUT2D eigenvalue weighted by atomic mass is 10.2. The van der Waals surface area contributed by atoms with Crippen LogP contribution in [0, 0.1) is 0 Å². The molecule has 0 spiro atoms. The highest BCUT2D eigenvalue weighted by Crippen LogP contribution is 2.18. The summed E-state index contributed by atoms with van der Waals surface area (Å²) >= 11 is 0. The van der Waals surface area contributed by atoms with E-state index in [1.54, 1.807) is 0 Å². The van der Waals surface area contributed by atoms with Gasteiger partial charge in [-0.15, -0.1) is 0 Å². The first-order valence-corrected chi connectivity index (χ1v) is 5.88. The van der Waals surface area contributed by atoms with E-state index in [1.807, 2.05) is 18.2 Å². The molecule has 3 N–H and O–H groups in total. The molecule has 5 heteroatoms. The quantitative estimate of drug-likeness (QED) is 0.723. The highest BCUT2D eigenvalue weighted by Gasteiger charge is 2.18. The number of H-pyrrole nitrogens is 2. The normalized spacial score (nSPS) is 21.1. The molecule has 0 bridgehead atoms. The van der Waals surface area contributed by atoms with Gasteiger partial charge in [0.15, 0.2) is 0 Å². The Kier molecular flexibility index (Phi) is 2.40. The Morgan fingerprint density at radius 1 is 1.35 bits per heavy atom. The van der Waals surface area contributed by atoms with Gasteiger partial charge in [0.05, 0.1) is 11.0 Å². The van der Waals surface area contributed by atoms with Crippen molar-refractivity contribution in [1.29, 1.82) is 0 Å². The van der Waals surface area contributed by atoms with Crippen LogP contribution in [0.3, 0.4) is 0 Å². The third-order valence-electron chi connectivity index (χ3n) is 3.28. The Balaban J connectivity index is 1.83. The minimum absolute atomic E-state index is 0.155. The van der Waals surface area contributed by atoms with E-state index in [9.17, 15) is 4.79 Å². The van der Waals surface area contributed by atoms with Gasteiger partial charge in [-0.2, -0.15) is 0 Å². The van der Waals surface area contributed by atoms with E-state index in [1.165, 1.54) is 0 Å². The van der Waals surface area contributed by atoms with Crippen molar-refractivity contribution in [2.45, 2.75) is 12.5 Å². The largest absolute Gasteiger partial charge is 0.381 e. The number of aromatic nitrogens is 2. The fraction of sp³-hybridized carbons (Fsp3) is 0.417. The average molecular weight is 232 g/mol. The maximum absolute atomic E-state index is 11.1. The first-order valence-electron chi connectivity index (χ1n) is 5.88. The second kappa shape index (κ2) is 3.92. The maximum atomic E-state index is 11.1. The topological polar surface area (TPSA) is 63.9 Å². The molecule has 1 saturated heterocycles. The average Bonchev–Trinajstić information content (AvgIpc) is 2.83. The van der Waals surface area contributed by atoms with Gasteiger partial charge < -0.3 is 20.2 Å². The molecule has 1 aliphatic rings. The highest BCUT2D eigenvalue weighted by molar-refractivity contribution is 5.78. The highest BCUT2D eigenvalue weighted by atomic mass is 16.1. The summed E-state index contributed by atoms with van der Waals surface area (Å²) in [7, 11) is 2.13. The Morgan fingerprint density at radius 2 is 2.18 bits per heavy atom. The molecule has 0 amide bonds. The van der Waals surface area contributed by atoms with Crippen molar-refractivity contribution in [3.63, 3.8) is 0 Å². The molecule has 0 radical (unpaired) electrons. The second-order valence-corrected chi connectivity index (χ2v) is 4.73. The Bertz CT molecular complexity index is 585. The van der Waals surface area contributed by atoms with Crippen LogP contribution in [-0.2, 0) is 0 Å². The van der Waals surface area contributed by atoms with Crippen molar-refractivity contribution in [3.05, 3.63) is 28.7 Å². The van der Waals surface area contributed by atoms with Crippen LogP contribution < -0.4 is 11.0 Å². The molecule has 2 heterocycles. The number of hydrogen-bond donors (Lipinski definition) is 3. The van der Waals surface area contributed by atoms with E-state index >= 15 is 0 Å². The standard InChI is InChI=1S/C12H16N4O/c1-16-5-4-9(7-16)13-8-2-3-10-11(6-8)15-12(17)14-10/h2-3,6,9,13H,4-5,7H2,1H3,(H2,14,15,17). The smallest absolute Gasteiger partial charge is 0.323 e. The lowest BCUT2D eigenvalue weighted by molar-refractivity contribution is 0.414. The maximum Gasteiger partial charge on any atom is 0.323 e. The van der Waals surface area contributed by atoms with Crippen LogP contribution in [0.25, 0.3) is 11.0 Å². The van der Waals surface area contributed by atoms with Crippen molar-refractivity contribution in [2.75, 3.05) is 25.5 Å². The summed E-state index contributed by atoms with van der Waals surface area (Å²) in [5, 5.41) is 3.50. The number of rotatable bonds is 2. The van der Waals surface area contributed by atoms with Crippen molar-refractivity contribution in [1.82, 2.24) is 14.9 Å². The van der Waals surface area contributed by atoms with E-state index in [-0.39, 0.29) is 5.69 Å². The van der Waals surface area contributed by atoms with Gasteiger partial charge in [-0.1, -0.05) is 0 Å².